The number of hydrogen-bond acceptors (Lipinski definition) is 2. The molecule has 7 heteroatoms. The lowest BCUT2D eigenvalue weighted by atomic mass is 10.2. The Bertz CT molecular complexity index is 741. The zero-order valence-electron chi connectivity index (χ0n) is 11.7. The van der Waals surface area contributed by atoms with Gasteiger partial charge < -0.3 is 10.1 Å². The number of benzene rings is 2. The molecule has 0 atom stereocenters. The molecule has 0 spiro atoms. The predicted octanol–water partition coefficient (Wildman–Crippen LogP) is 4.76. The number of hydrogen-bond donors (Lipinski definition) is 1. The van der Waals surface area contributed by atoms with Crippen LogP contribution in [0, 0.1) is 5.82 Å². The minimum Gasteiger partial charge on any atom is -0.457 e. The molecular weight excluding hydrogens is 314 g/mol. The van der Waals surface area contributed by atoms with Crippen LogP contribution in [0.25, 0.3) is 0 Å². The maximum atomic E-state index is 13.6. The molecule has 3 nitrogen and oxygen atoms in total. The van der Waals surface area contributed by atoms with Gasteiger partial charge in [0, 0.05) is 6.07 Å². The molecule has 2 aromatic rings. The van der Waals surface area contributed by atoms with Crippen molar-refractivity contribution in [1.29, 1.82) is 0 Å². The molecule has 2 aromatic carbocycles. The van der Waals surface area contributed by atoms with E-state index < -0.39 is 23.5 Å². The fourth-order valence-corrected chi connectivity index (χ4v) is 1.72. The fraction of sp³-hybridized carbons (Fsp3) is 0.0625. The van der Waals surface area contributed by atoms with Crippen LogP contribution < -0.4 is 10.1 Å². The second kappa shape index (κ2) is 6.51. The first-order valence-electron chi connectivity index (χ1n) is 6.37. The first-order valence-corrected chi connectivity index (χ1v) is 6.37. The Morgan fingerprint density at radius 1 is 1.13 bits per heavy atom. The number of rotatable bonds is 4. The zero-order chi connectivity index (χ0) is 17.0. The highest BCUT2D eigenvalue weighted by molar-refractivity contribution is 5.99. The van der Waals surface area contributed by atoms with Crippen LogP contribution in [0.2, 0.25) is 0 Å². The molecule has 120 valence electrons. The van der Waals surface area contributed by atoms with Crippen molar-refractivity contribution in [3.63, 3.8) is 0 Å². The maximum absolute atomic E-state index is 13.6. The third kappa shape index (κ3) is 4.32. The summed E-state index contributed by atoms with van der Waals surface area (Å²) in [6.07, 6.45) is -3.54. The summed E-state index contributed by atoms with van der Waals surface area (Å²) in [6.45, 7) is 3.24. The van der Waals surface area contributed by atoms with E-state index in [1.54, 1.807) is 0 Å². The molecule has 0 radical (unpaired) electrons. The monoisotopic (exact) mass is 325 g/mol. The van der Waals surface area contributed by atoms with E-state index in [0.717, 1.165) is 30.3 Å². The Morgan fingerprint density at radius 3 is 2.48 bits per heavy atom. The van der Waals surface area contributed by atoms with Gasteiger partial charge in [0.15, 0.2) is 0 Å². The van der Waals surface area contributed by atoms with Crippen molar-refractivity contribution in [3.05, 3.63) is 66.5 Å². The van der Waals surface area contributed by atoms with Crippen molar-refractivity contribution in [2.75, 3.05) is 5.32 Å². The number of nitrogens with one attached hydrogen (secondary N) is 1. The summed E-state index contributed by atoms with van der Waals surface area (Å²) in [6, 6.07) is 7.69. The molecule has 0 aliphatic rings. The second-order valence-electron chi connectivity index (χ2n) is 4.46. The molecule has 0 aliphatic heterocycles. The van der Waals surface area contributed by atoms with Crippen LogP contribution in [0.15, 0.2) is 55.1 Å². The number of ether oxygens (including phenoxy) is 1. The van der Waals surface area contributed by atoms with E-state index in [-0.39, 0.29) is 17.2 Å². The lowest BCUT2D eigenvalue weighted by Gasteiger charge is -2.11. The molecule has 1 N–H and O–H groups in total. The Morgan fingerprint density at radius 2 is 1.83 bits per heavy atom. The third-order valence-corrected chi connectivity index (χ3v) is 2.78. The van der Waals surface area contributed by atoms with Crippen molar-refractivity contribution in [3.8, 4) is 11.5 Å². The molecule has 0 saturated carbocycles. The predicted molar refractivity (Wildman–Crippen MR) is 76.7 cm³/mol. The molecular formula is C16H11F4NO2. The molecule has 23 heavy (non-hydrogen) atoms. The number of halogens is 4. The molecule has 0 heterocycles. The summed E-state index contributed by atoms with van der Waals surface area (Å²) in [5.74, 6) is -1.32. The number of amides is 1. The minimum atomic E-state index is -4.49. The molecule has 0 bridgehead atoms. The van der Waals surface area contributed by atoms with Gasteiger partial charge in [0.1, 0.15) is 17.3 Å². The van der Waals surface area contributed by atoms with Crippen molar-refractivity contribution < 1.29 is 27.1 Å². The van der Waals surface area contributed by atoms with E-state index in [0.29, 0.717) is 0 Å². The zero-order valence-corrected chi connectivity index (χ0v) is 11.7. The Labute approximate surface area is 129 Å². The van der Waals surface area contributed by atoms with Crippen molar-refractivity contribution in [2.45, 2.75) is 6.18 Å². The highest BCUT2D eigenvalue weighted by Crippen LogP contribution is 2.33. The number of anilines is 1. The van der Waals surface area contributed by atoms with Gasteiger partial charge in [-0.05, 0) is 36.4 Å². The Balaban J connectivity index is 2.25. The van der Waals surface area contributed by atoms with Crippen molar-refractivity contribution in [1.82, 2.24) is 0 Å². The average molecular weight is 325 g/mol. The molecule has 0 aliphatic carbocycles. The van der Waals surface area contributed by atoms with Crippen LogP contribution in [0.3, 0.4) is 0 Å². The average Bonchev–Trinajstić information content (AvgIpc) is 2.50. The van der Waals surface area contributed by atoms with E-state index in [2.05, 4.69) is 11.9 Å². The van der Waals surface area contributed by atoms with Crippen molar-refractivity contribution >= 4 is 11.6 Å². The Kier molecular flexibility index (Phi) is 4.68. The van der Waals surface area contributed by atoms with Gasteiger partial charge in [-0.25, -0.2) is 4.39 Å². The minimum absolute atomic E-state index is 0.0626. The van der Waals surface area contributed by atoms with E-state index in [1.807, 2.05) is 0 Å². The molecule has 2 rings (SSSR count). The largest absolute Gasteiger partial charge is 0.457 e. The van der Waals surface area contributed by atoms with Crippen LogP contribution in [0.5, 0.6) is 11.5 Å². The molecule has 0 unspecified atom stereocenters. The topological polar surface area (TPSA) is 38.3 Å². The van der Waals surface area contributed by atoms with Crippen LogP contribution in [0.4, 0.5) is 23.2 Å². The van der Waals surface area contributed by atoms with Crippen molar-refractivity contribution in [2.24, 2.45) is 0 Å². The lowest BCUT2D eigenvalue weighted by Crippen LogP contribution is -2.08. The van der Waals surface area contributed by atoms with Gasteiger partial charge in [0.25, 0.3) is 0 Å². The standard InChI is InChI=1S/C16H11F4NO2/c1-2-15(22)21-14-9-12(6-7-13(14)17)23-11-5-3-4-10(8-11)16(18,19)20/h2-9H,1H2,(H,21,22). The normalized spacial score (nSPS) is 11.0. The maximum Gasteiger partial charge on any atom is 0.416 e. The highest BCUT2D eigenvalue weighted by atomic mass is 19.4. The third-order valence-electron chi connectivity index (χ3n) is 2.78. The van der Waals surface area contributed by atoms with Crippen LogP contribution in [0.1, 0.15) is 5.56 Å². The van der Waals surface area contributed by atoms with Gasteiger partial charge in [0.05, 0.1) is 11.3 Å². The van der Waals surface area contributed by atoms with E-state index in [9.17, 15) is 22.4 Å². The first kappa shape index (κ1) is 16.5. The number of alkyl halides is 3. The smallest absolute Gasteiger partial charge is 0.416 e. The summed E-state index contributed by atoms with van der Waals surface area (Å²) in [4.78, 5) is 11.2. The molecule has 1 amide bonds. The summed E-state index contributed by atoms with van der Waals surface area (Å²) in [5, 5.41) is 2.23. The molecule has 0 fully saturated rings. The van der Waals surface area contributed by atoms with E-state index in [4.69, 9.17) is 4.74 Å². The summed E-state index contributed by atoms with van der Waals surface area (Å²) in [7, 11) is 0. The van der Waals surface area contributed by atoms with Gasteiger partial charge >= 0.3 is 6.18 Å². The summed E-state index contributed by atoms with van der Waals surface area (Å²) >= 11 is 0. The van der Waals surface area contributed by atoms with Gasteiger partial charge in [0.2, 0.25) is 5.91 Å². The summed E-state index contributed by atoms with van der Waals surface area (Å²) < 4.78 is 56.8. The van der Waals surface area contributed by atoms with E-state index in [1.165, 1.54) is 18.2 Å². The van der Waals surface area contributed by atoms with Gasteiger partial charge in [-0.15, -0.1) is 0 Å². The van der Waals surface area contributed by atoms with Crippen LogP contribution in [-0.2, 0) is 11.0 Å². The SMILES string of the molecule is C=CC(=O)Nc1cc(Oc2cccc(C(F)(F)F)c2)ccc1F. The Hall–Kier alpha value is -2.83. The lowest BCUT2D eigenvalue weighted by molar-refractivity contribution is -0.137. The second-order valence-corrected chi connectivity index (χ2v) is 4.46. The highest BCUT2D eigenvalue weighted by Gasteiger charge is 2.30. The molecule has 0 aromatic heterocycles. The van der Waals surface area contributed by atoms with Gasteiger partial charge in [-0.3, -0.25) is 4.79 Å². The quantitative estimate of drug-likeness (QED) is 0.650. The summed E-state index contributed by atoms with van der Waals surface area (Å²) in [5.41, 5.74) is -1.03. The van der Waals surface area contributed by atoms with Crippen LogP contribution in [-0.4, -0.2) is 5.91 Å². The molecule has 0 saturated heterocycles. The van der Waals surface area contributed by atoms with Gasteiger partial charge in [-0.1, -0.05) is 12.6 Å². The van der Waals surface area contributed by atoms with Crippen LogP contribution >= 0.6 is 0 Å². The van der Waals surface area contributed by atoms with Gasteiger partial charge in [-0.2, -0.15) is 13.2 Å². The number of carbonyl (C=O) groups excluding carboxylic acids is 1. The first-order chi connectivity index (χ1) is 10.8. The van der Waals surface area contributed by atoms with E-state index >= 15 is 0 Å². The fourth-order valence-electron chi connectivity index (χ4n) is 1.72. The number of carbonyl (C=O) groups is 1.